The van der Waals surface area contributed by atoms with Gasteiger partial charge in [0.2, 0.25) is 0 Å². The fourth-order valence-corrected chi connectivity index (χ4v) is 10.8. The molecule has 1 heteroatoms. The van der Waals surface area contributed by atoms with E-state index in [0.29, 0.717) is 27.6 Å². The lowest BCUT2D eigenvalue weighted by molar-refractivity contribution is -0.142. The predicted molar refractivity (Wildman–Crippen MR) is 126 cm³/mol. The normalized spacial score (nSPS) is 55.0. The van der Waals surface area contributed by atoms with Gasteiger partial charge >= 0.3 is 0 Å². The summed E-state index contributed by atoms with van der Waals surface area (Å²) in [6.45, 7) is 14.9. The van der Waals surface area contributed by atoms with E-state index in [4.69, 9.17) is 0 Å². The fraction of sp³-hybridized carbons (Fsp3) is 0.931. The van der Waals surface area contributed by atoms with Crippen LogP contribution in [-0.4, -0.2) is 11.2 Å². The predicted octanol–water partition coefficient (Wildman–Crippen LogP) is 7.78. The summed E-state index contributed by atoms with van der Waals surface area (Å²) in [6, 6.07) is 0. The van der Waals surface area contributed by atoms with E-state index in [0.717, 1.165) is 30.1 Å². The third-order valence-electron chi connectivity index (χ3n) is 12.6. The van der Waals surface area contributed by atoms with Crippen LogP contribution in [0.1, 0.15) is 112 Å². The molecule has 10 atom stereocenters. The van der Waals surface area contributed by atoms with Gasteiger partial charge in [-0.1, -0.05) is 39.3 Å². The molecule has 1 N–H and O–H groups in total. The zero-order valence-corrected chi connectivity index (χ0v) is 20.8. The lowest BCUT2D eigenvalue weighted by atomic mass is 9.43. The minimum atomic E-state index is -0.0308. The first-order chi connectivity index (χ1) is 14.1. The second kappa shape index (κ2) is 6.85. The highest BCUT2D eigenvalue weighted by atomic mass is 16.3. The summed E-state index contributed by atoms with van der Waals surface area (Å²) in [4.78, 5) is 0. The van der Waals surface area contributed by atoms with Crippen molar-refractivity contribution in [3.05, 3.63) is 11.6 Å². The number of rotatable bonds is 4. The van der Waals surface area contributed by atoms with Crippen molar-refractivity contribution in [3.63, 3.8) is 0 Å². The molecule has 5 aliphatic rings. The van der Waals surface area contributed by atoms with E-state index in [1.165, 1.54) is 69.8 Å². The molecular formula is C29H48O. The van der Waals surface area contributed by atoms with Crippen LogP contribution in [-0.2, 0) is 0 Å². The molecule has 5 aliphatic carbocycles. The van der Waals surface area contributed by atoms with E-state index in [9.17, 15) is 5.11 Å². The van der Waals surface area contributed by atoms with Crippen molar-refractivity contribution in [2.24, 2.45) is 51.2 Å². The van der Waals surface area contributed by atoms with Crippen molar-refractivity contribution in [2.75, 3.05) is 0 Å². The number of hydrogen-bond acceptors (Lipinski definition) is 1. The minimum Gasteiger partial charge on any atom is -0.393 e. The summed E-state index contributed by atoms with van der Waals surface area (Å²) < 4.78 is 0. The van der Waals surface area contributed by atoms with Crippen molar-refractivity contribution < 1.29 is 5.11 Å². The van der Waals surface area contributed by atoms with Crippen LogP contribution in [0.2, 0.25) is 0 Å². The van der Waals surface area contributed by atoms with Gasteiger partial charge in [0.25, 0.3) is 0 Å². The Labute approximate surface area is 186 Å². The Hall–Kier alpha value is -0.300. The number of fused-ring (bicyclic) bond motifs is 2. The van der Waals surface area contributed by atoms with Crippen LogP contribution >= 0.6 is 0 Å². The summed E-state index contributed by atoms with van der Waals surface area (Å²) in [7, 11) is 0. The van der Waals surface area contributed by atoms with Gasteiger partial charge in [0, 0.05) is 0 Å². The van der Waals surface area contributed by atoms with E-state index < -0.39 is 0 Å². The molecule has 5 fully saturated rings. The third-order valence-corrected chi connectivity index (χ3v) is 12.6. The minimum absolute atomic E-state index is 0.0308. The molecule has 5 saturated carbocycles. The first kappa shape index (κ1) is 21.5. The highest BCUT2D eigenvalue weighted by Crippen LogP contribution is 2.88. The molecular weight excluding hydrogens is 364 g/mol. The maximum atomic E-state index is 10.6. The number of allylic oxidation sites excluding steroid dienone is 2. The standard InChI is InChI=1S/C29H48O/c1-19(2)8-7-9-20(3)22-12-14-27(6)25-11-10-23-21(4)24(30)13-15-28(23)18-29(25,28)17-16-26(22,27)5/h8,20-25,30H,7,9-18H2,1-6H3. The molecule has 0 aromatic heterocycles. The van der Waals surface area contributed by atoms with Gasteiger partial charge in [-0.3, -0.25) is 0 Å². The van der Waals surface area contributed by atoms with Crippen LogP contribution < -0.4 is 0 Å². The molecule has 30 heavy (non-hydrogen) atoms. The van der Waals surface area contributed by atoms with E-state index in [1.54, 1.807) is 0 Å². The van der Waals surface area contributed by atoms with Crippen molar-refractivity contribution >= 4 is 0 Å². The number of aliphatic hydroxyl groups excluding tert-OH is 1. The maximum absolute atomic E-state index is 10.6. The summed E-state index contributed by atoms with van der Waals surface area (Å²) >= 11 is 0. The Kier molecular flexibility index (Phi) is 4.92. The molecule has 10 unspecified atom stereocenters. The fourth-order valence-electron chi connectivity index (χ4n) is 10.8. The first-order valence-electron chi connectivity index (χ1n) is 13.4. The average molecular weight is 413 g/mol. The molecule has 0 bridgehead atoms. The Morgan fingerprint density at radius 3 is 2.47 bits per heavy atom. The largest absolute Gasteiger partial charge is 0.393 e. The third kappa shape index (κ3) is 2.57. The SMILES string of the molecule is CC(C)=CCCC(C)C1CCC2(C)C3CCC4C(C)C(O)CCC45CC35CCC12C. The van der Waals surface area contributed by atoms with Crippen LogP contribution in [0.5, 0.6) is 0 Å². The summed E-state index contributed by atoms with van der Waals surface area (Å²) in [5, 5.41) is 10.6. The monoisotopic (exact) mass is 412 g/mol. The zero-order chi connectivity index (χ0) is 21.5. The first-order valence-corrected chi connectivity index (χ1v) is 13.4. The molecule has 0 saturated heterocycles. The maximum Gasteiger partial charge on any atom is 0.0568 e. The Morgan fingerprint density at radius 2 is 1.73 bits per heavy atom. The van der Waals surface area contributed by atoms with E-state index in [1.807, 2.05) is 0 Å². The van der Waals surface area contributed by atoms with Crippen LogP contribution in [0.4, 0.5) is 0 Å². The lowest BCUT2D eigenvalue weighted by Crippen LogP contribution is -2.55. The molecule has 0 amide bonds. The Balaban J connectivity index is 1.39. The summed E-state index contributed by atoms with van der Waals surface area (Å²) in [6.07, 6.45) is 17.8. The van der Waals surface area contributed by atoms with Crippen LogP contribution in [0.15, 0.2) is 11.6 Å². The molecule has 0 radical (unpaired) electrons. The molecule has 0 aromatic rings. The zero-order valence-electron chi connectivity index (χ0n) is 20.8. The quantitative estimate of drug-likeness (QED) is 0.467. The molecule has 1 nitrogen and oxygen atoms in total. The van der Waals surface area contributed by atoms with Crippen molar-refractivity contribution in [1.29, 1.82) is 0 Å². The van der Waals surface area contributed by atoms with Crippen molar-refractivity contribution in [1.82, 2.24) is 0 Å². The molecule has 0 aromatic carbocycles. The second-order valence-corrected chi connectivity index (χ2v) is 13.5. The van der Waals surface area contributed by atoms with Gasteiger partial charge in [0.05, 0.1) is 6.10 Å². The van der Waals surface area contributed by atoms with E-state index in [-0.39, 0.29) is 6.10 Å². The highest BCUT2D eigenvalue weighted by molar-refractivity contribution is 5.29. The average Bonchev–Trinajstić information content (AvgIpc) is 3.27. The second-order valence-electron chi connectivity index (χ2n) is 13.5. The van der Waals surface area contributed by atoms with Crippen LogP contribution in [0.3, 0.4) is 0 Å². The van der Waals surface area contributed by atoms with Crippen LogP contribution in [0, 0.1) is 51.2 Å². The topological polar surface area (TPSA) is 20.2 Å². The molecule has 0 aliphatic heterocycles. The van der Waals surface area contributed by atoms with Gasteiger partial charge in [-0.15, -0.1) is 0 Å². The van der Waals surface area contributed by atoms with Gasteiger partial charge in [-0.2, -0.15) is 0 Å². The van der Waals surface area contributed by atoms with E-state index in [2.05, 4.69) is 47.6 Å². The summed E-state index contributed by atoms with van der Waals surface area (Å²) in [5.74, 6) is 4.08. The molecule has 2 spiro atoms. The van der Waals surface area contributed by atoms with Gasteiger partial charge in [0.1, 0.15) is 0 Å². The summed E-state index contributed by atoms with van der Waals surface area (Å²) in [5.41, 5.74) is 3.84. The van der Waals surface area contributed by atoms with Crippen LogP contribution in [0.25, 0.3) is 0 Å². The number of aliphatic hydroxyl groups is 1. The molecule has 170 valence electrons. The molecule has 0 heterocycles. The smallest absolute Gasteiger partial charge is 0.0568 e. The van der Waals surface area contributed by atoms with Gasteiger partial charge in [-0.05, 0) is 136 Å². The van der Waals surface area contributed by atoms with Gasteiger partial charge < -0.3 is 5.11 Å². The van der Waals surface area contributed by atoms with Crippen molar-refractivity contribution in [2.45, 2.75) is 118 Å². The number of hydrogen-bond donors (Lipinski definition) is 1. The van der Waals surface area contributed by atoms with Gasteiger partial charge in [0.15, 0.2) is 0 Å². The highest BCUT2D eigenvalue weighted by Gasteiger charge is 2.81. The lowest BCUT2D eigenvalue weighted by Gasteiger charge is -2.62. The van der Waals surface area contributed by atoms with E-state index >= 15 is 0 Å². The molecule has 5 rings (SSSR count). The van der Waals surface area contributed by atoms with Crippen molar-refractivity contribution in [3.8, 4) is 0 Å². The Bertz CT molecular complexity index is 720. The Morgan fingerprint density at radius 1 is 0.967 bits per heavy atom. The van der Waals surface area contributed by atoms with Gasteiger partial charge in [-0.25, -0.2) is 0 Å².